The Kier molecular flexibility index (Phi) is 8.83. The second-order valence-corrected chi connectivity index (χ2v) is 29.8. The summed E-state index contributed by atoms with van der Waals surface area (Å²) >= 11 is 2.00. The highest BCUT2D eigenvalue weighted by Crippen LogP contribution is 2.61. The number of thiophene rings is 1. The molecule has 0 atom stereocenters. The van der Waals surface area contributed by atoms with Crippen LogP contribution in [0.2, 0.25) is 0 Å². The molecule has 0 spiro atoms. The molecule has 0 radical (unpaired) electrons. The first-order chi connectivity index (χ1) is 34.2. The van der Waals surface area contributed by atoms with Gasteiger partial charge in [-0.15, -0.1) is 11.3 Å². The van der Waals surface area contributed by atoms with Crippen LogP contribution >= 0.6 is 11.3 Å². The average molecular weight is 973 g/mol. The molecule has 7 aromatic carbocycles. The van der Waals surface area contributed by atoms with Gasteiger partial charge in [0.05, 0.1) is 11.0 Å². The van der Waals surface area contributed by atoms with E-state index >= 15 is 0 Å². The molecule has 368 valence electrons. The van der Waals surface area contributed by atoms with Crippen molar-refractivity contribution in [2.75, 3.05) is 4.81 Å². The third-order valence-corrected chi connectivity index (χ3v) is 20.9. The monoisotopic (exact) mass is 973 g/mol. The van der Waals surface area contributed by atoms with E-state index in [4.69, 9.17) is 0 Å². The van der Waals surface area contributed by atoms with Gasteiger partial charge in [-0.25, -0.2) is 0 Å². The van der Waals surface area contributed by atoms with Crippen LogP contribution < -0.4 is 15.7 Å². The van der Waals surface area contributed by atoms with Crippen LogP contribution in [-0.2, 0) is 37.9 Å². The van der Waals surface area contributed by atoms with Crippen LogP contribution in [0.3, 0.4) is 0 Å². The zero-order valence-electron chi connectivity index (χ0n) is 46.5. The lowest BCUT2D eigenvalue weighted by Gasteiger charge is -2.43. The third kappa shape index (κ3) is 6.00. The van der Waals surface area contributed by atoms with Crippen molar-refractivity contribution in [3.8, 4) is 27.9 Å². The summed E-state index contributed by atoms with van der Waals surface area (Å²) < 4.78 is 5.56. The fraction of sp³-hybridized carbons (Fsp3) is 0.391. The van der Waals surface area contributed by atoms with Gasteiger partial charge in [-0.2, -0.15) is 0 Å². The maximum atomic E-state index is 2.80. The van der Waals surface area contributed by atoms with E-state index in [9.17, 15) is 0 Å². The number of hydrogen-bond acceptors (Lipinski definition) is 2. The molecule has 2 aliphatic heterocycles. The molecule has 2 nitrogen and oxygen atoms in total. The van der Waals surface area contributed by atoms with Gasteiger partial charge in [0.1, 0.15) is 0 Å². The van der Waals surface area contributed by atoms with Crippen molar-refractivity contribution in [1.29, 1.82) is 0 Å². The number of anilines is 2. The van der Waals surface area contributed by atoms with Crippen LogP contribution in [0.15, 0.2) is 103 Å². The molecule has 0 fully saturated rings. The summed E-state index contributed by atoms with van der Waals surface area (Å²) in [6.07, 6.45) is 4.79. The smallest absolute Gasteiger partial charge is 0.333 e. The summed E-state index contributed by atoms with van der Waals surface area (Å²) in [5.74, 6) is 0. The first-order valence-electron chi connectivity index (χ1n) is 27.6. The van der Waals surface area contributed by atoms with E-state index in [0.717, 1.165) is 0 Å². The molecule has 9 aromatic rings. The van der Waals surface area contributed by atoms with E-state index in [0.29, 0.717) is 0 Å². The Morgan fingerprint density at radius 2 is 1.04 bits per heavy atom. The summed E-state index contributed by atoms with van der Waals surface area (Å²) in [6, 6.07) is 42.7. The Hall–Kier alpha value is -5.58. The van der Waals surface area contributed by atoms with Gasteiger partial charge in [-0.1, -0.05) is 159 Å². The zero-order valence-corrected chi connectivity index (χ0v) is 47.3. The van der Waals surface area contributed by atoms with Crippen LogP contribution in [0, 0.1) is 0 Å². The minimum atomic E-state index is -0.243. The number of rotatable bonds is 1. The highest BCUT2D eigenvalue weighted by Gasteiger charge is 2.51. The fourth-order valence-electron chi connectivity index (χ4n) is 15.1. The number of nitrogens with zero attached hydrogens (tertiary/aromatic N) is 2. The molecule has 4 heteroatoms. The Morgan fingerprint density at radius 3 is 1.67 bits per heavy atom. The van der Waals surface area contributed by atoms with Gasteiger partial charge >= 0.3 is 6.85 Å². The predicted molar refractivity (Wildman–Crippen MR) is 318 cm³/mol. The standard InChI is InChI=1S/C69H73BN2S/c1-63(2,3)38-21-24-40(25-22-38)72-54-37-56-42(43-33-47-50(36-55(43)73-56)68(13,14)30-28-65(47,7)8)32-44(54)58-57-41-19-17-18-20-46(41)69(15,16)60(57)59-45-34-48-49(67(11,12)29-27-66(48,9)10)35-53(45)71-52-26-23-39(64(4,5)6)31-51(52)70(72)61(58)62(59)71/h17-26,31-37H,27-30H2,1-16H3. The Bertz CT molecular complexity index is 3960. The molecule has 4 heterocycles. The van der Waals surface area contributed by atoms with Crippen molar-refractivity contribution < 1.29 is 0 Å². The lowest BCUT2D eigenvalue weighted by Crippen LogP contribution is -2.61. The predicted octanol–water partition coefficient (Wildman–Crippen LogP) is 18.0. The van der Waals surface area contributed by atoms with Crippen molar-refractivity contribution in [2.24, 2.45) is 0 Å². The largest absolute Gasteiger partial charge is 0.376 e. The van der Waals surface area contributed by atoms with Crippen LogP contribution in [0.1, 0.15) is 181 Å². The van der Waals surface area contributed by atoms with Crippen LogP contribution in [0.4, 0.5) is 11.4 Å². The Labute approximate surface area is 439 Å². The number of aromatic nitrogens is 1. The van der Waals surface area contributed by atoms with E-state index < -0.39 is 0 Å². The molecular formula is C69H73BN2S. The molecule has 0 saturated carbocycles. The first kappa shape index (κ1) is 46.0. The SMILES string of the molecule is CC(C)(C)c1ccc(N2B3c4cc(C(C)(C)C)ccc4-n4c5cc6c(cc5c5c7c(c(c3c54)-c3cc4c(cc32)sc2cc3c(cc24)C(C)(C)CCC3(C)C)-c2ccccc2C7(C)C)C(C)(C)CCC6(C)C)cc1. The molecule has 2 aromatic heterocycles. The molecule has 0 saturated heterocycles. The second-order valence-electron chi connectivity index (χ2n) is 28.7. The third-order valence-electron chi connectivity index (χ3n) is 19.8. The van der Waals surface area contributed by atoms with Gasteiger partial charge in [0.2, 0.25) is 0 Å². The normalized spacial score (nSPS) is 19.2. The lowest BCUT2D eigenvalue weighted by atomic mass is 9.43. The average Bonchev–Trinajstić information content (AvgIpc) is 3.98. The molecule has 73 heavy (non-hydrogen) atoms. The molecule has 5 aliphatic rings. The van der Waals surface area contributed by atoms with Gasteiger partial charge in [0.25, 0.3) is 0 Å². The molecule has 0 unspecified atom stereocenters. The quantitative estimate of drug-likeness (QED) is 0.149. The van der Waals surface area contributed by atoms with Gasteiger partial charge in [-0.3, -0.25) is 0 Å². The van der Waals surface area contributed by atoms with E-state index in [1.165, 1.54) is 162 Å². The maximum Gasteiger partial charge on any atom is 0.333 e. The molecule has 0 amide bonds. The molecule has 0 bridgehead atoms. The summed E-state index contributed by atoms with van der Waals surface area (Å²) in [5, 5.41) is 5.66. The lowest BCUT2D eigenvalue weighted by molar-refractivity contribution is 0.332. The zero-order chi connectivity index (χ0) is 51.2. The van der Waals surface area contributed by atoms with Crippen molar-refractivity contribution in [1.82, 2.24) is 4.57 Å². The van der Waals surface area contributed by atoms with Gasteiger partial charge in [0, 0.05) is 59.0 Å². The maximum absolute atomic E-state index is 2.80. The summed E-state index contributed by atoms with van der Waals surface area (Å²) in [4.78, 5) is 2.80. The van der Waals surface area contributed by atoms with E-state index in [1.807, 2.05) is 11.3 Å². The van der Waals surface area contributed by atoms with E-state index in [2.05, 4.69) is 223 Å². The molecule has 3 aliphatic carbocycles. The Balaban J connectivity index is 1.22. The van der Waals surface area contributed by atoms with Crippen molar-refractivity contribution in [3.05, 3.63) is 148 Å². The van der Waals surface area contributed by atoms with Gasteiger partial charge in [-0.05, 0) is 185 Å². The summed E-state index contributed by atoms with van der Waals surface area (Å²) in [7, 11) is 0. The van der Waals surface area contributed by atoms with Crippen LogP contribution in [-0.4, -0.2) is 11.4 Å². The van der Waals surface area contributed by atoms with E-state index in [1.54, 1.807) is 0 Å². The number of fused-ring (bicyclic) bond motifs is 18. The van der Waals surface area contributed by atoms with Gasteiger partial charge in [0.15, 0.2) is 0 Å². The summed E-state index contributed by atoms with van der Waals surface area (Å²) in [5.41, 5.74) is 27.0. The van der Waals surface area contributed by atoms with Crippen molar-refractivity contribution in [2.45, 2.75) is 174 Å². The number of benzene rings is 7. The fourth-order valence-corrected chi connectivity index (χ4v) is 16.3. The van der Waals surface area contributed by atoms with E-state index in [-0.39, 0.29) is 44.8 Å². The van der Waals surface area contributed by atoms with Crippen molar-refractivity contribution in [3.63, 3.8) is 0 Å². The highest BCUT2D eigenvalue weighted by molar-refractivity contribution is 7.26. The molecule has 14 rings (SSSR count). The highest BCUT2D eigenvalue weighted by atomic mass is 32.1. The Morgan fingerprint density at radius 1 is 0.493 bits per heavy atom. The summed E-state index contributed by atoms with van der Waals surface area (Å²) in [6.45, 7) is 39.1. The van der Waals surface area contributed by atoms with Crippen molar-refractivity contribution >= 4 is 82.5 Å². The second kappa shape index (κ2) is 14.0. The topological polar surface area (TPSA) is 8.17 Å². The molecular weight excluding hydrogens is 900 g/mol. The van der Waals surface area contributed by atoms with Gasteiger partial charge < -0.3 is 9.38 Å². The van der Waals surface area contributed by atoms with Crippen LogP contribution in [0.5, 0.6) is 0 Å². The minimum absolute atomic E-state index is 0.0334. The number of hydrogen-bond donors (Lipinski definition) is 0. The minimum Gasteiger partial charge on any atom is -0.376 e. The molecule has 0 N–H and O–H groups in total. The van der Waals surface area contributed by atoms with Crippen LogP contribution in [0.25, 0.3) is 69.9 Å². The first-order valence-corrected chi connectivity index (χ1v) is 28.4.